The Morgan fingerprint density at radius 2 is 1.73 bits per heavy atom. The van der Waals surface area contributed by atoms with Gasteiger partial charge in [-0.2, -0.15) is 0 Å². The molecule has 206 valence electrons. The number of nitrogens with zero attached hydrogens (tertiary/aromatic N) is 1. The Morgan fingerprint density at radius 3 is 2.38 bits per heavy atom. The highest BCUT2D eigenvalue weighted by Gasteiger charge is 2.33. The number of carboxylic acids is 1. The Kier molecular flexibility index (Phi) is 9.52. The molecule has 40 heavy (non-hydrogen) atoms. The van der Waals surface area contributed by atoms with Gasteiger partial charge < -0.3 is 24.4 Å². The molecule has 0 fully saturated rings. The highest BCUT2D eigenvalue weighted by Crippen LogP contribution is 2.42. The van der Waals surface area contributed by atoms with Crippen LogP contribution in [-0.2, 0) is 16.1 Å². The Morgan fingerprint density at radius 1 is 1.00 bits per heavy atom. The number of esters is 1. The number of hydrogen-bond donors (Lipinski definition) is 2. The fourth-order valence-electron chi connectivity index (χ4n) is 3.74. The molecule has 0 bridgehead atoms. The van der Waals surface area contributed by atoms with Gasteiger partial charge in [0.15, 0.2) is 11.5 Å². The van der Waals surface area contributed by atoms with E-state index in [1.807, 2.05) is 25.1 Å². The van der Waals surface area contributed by atoms with Gasteiger partial charge in [0.05, 0.1) is 34.4 Å². The van der Waals surface area contributed by atoms with E-state index in [2.05, 4.69) is 4.99 Å². The maximum atomic E-state index is 12.7. The summed E-state index contributed by atoms with van der Waals surface area (Å²) in [6.07, 6.45) is 1.68. The molecule has 0 unspecified atom stereocenters. The van der Waals surface area contributed by atoms with Gasteiger partial charge in [0.25, 0.3) is 0 Å². The summed E-state index contributed by atoms with van der Waals surface area (Å²) in [5.74, 6) is -1.20. The van der Waals surface area contributed by atoms with Crippen LogP contribution in [0.25, 0.3) is 6.08 Å². The Balaban J connectivity index is 1.64. The number of carbonyl (C=O) groups excluding carboxylic acids is 1. The molecule has 10 heteroatoms. The van der Waals surface area contributed by atoms with Gasteiger partial charge in [0, 0.05) is 0 Å². The molecule has 0 aliphatic carbocycles. The molecule has 8 nitrogen and oxygen atoms in total. The first-order chi connectivity index (χ1) is 19.3. The topological polar surface area (TPSA) is 115 Å². The van der Waals surface area contributed by atoms with E-state index in [-0.39, 0.29) is 35.1 Å². The molecule has 1 aliphatic rings. The standard InChI is InChI=1S/C30H26ClNO7S/c1-3-37-23-15-19(14-22(31)27(23)39-17-18-10-12-20(13-11-18)29(34)35)16-24-26(33)25(30(36)38-4-2)28(40-24)32-21-8-6-5-7-9-21/h5-16,33H,3-4,17H2,1-2H3,(H,34,35)/b24-16-,32-28?. The van der Waals surface area contributed by atoms with Crippen molar-refractivity contribution in [3.63, 3.8) is 0 Å². The smallest absolute Gasteiger partial charge is 0.344 e. The zero-order valence-electron chi connectivity index (χ0n) is 21.7. The highest BCUT2D eigenvalue weighted by molar-refractivity contribution is 8.18. The fourth-order valence-corrected chi connectivity index (χ4v) is 5.05. The summed E-state index contributed by atoms with van der Waals surface area (Å²) in [5, 5.41) is 20.7. The summed E-state index contributed by atoms with van der Waals surface area (Å²) in [6, 6.07) is 18.8. The molecule has 0 atom stereocenters. The second-order valence-electron chi connectivity index (χ2n) is 8.36. The quantitative estimate of drug-likeness (QED) is 0.242. The van der Waals surface area contributed by atoms with Crippen molar-refractivity contribution in [2.24, 2.45) is 4.99 Å². The number of ether oxygens (including phenoxy) is 3. The number of carboxylic acid groups (broad SMARTS) is 1. The number of hydrogen-bond acceptors (Lipinski definition) is 8. The van der Waals surface area contributed by atoms with Gasteiger partial charge in [-0.1, -0.05) is 53.7 Å². The number of aliphatic imine (C=N–C) groups is 1. The first-order valence-electron chi connectivity index (χ1n) is 12.4. The number of halogens is 1. The number of benzene rings is 3. The van der Waals surface area contributed by atoms with Gasteiger partial charge in [0.2, 0.25) is 0 Å². The third kappa shape index (κ3) is 6.86. The Labute approximate surface area is 240 Å². The number of aromatic carboxylic acids is 1. The van der Waals surface area contributed by atoms with Crippen LogP contribution in [0.1, 0.15) is 35.3 Å². The molecule has 0 saturated carbocycles. The third-order valence-electron chi connectivity index (χ3n) is 5.57. The summed E-state index contributed by atoms with van der Waals surface area (Å²) in [5.41, 5.74) is 2.15. The van der Waals surface area contributed by atoms with E-state index < -0.39 is 11.9 Å². The lowest BCUT2D eigenvalue weighted by Crippen LogP contribution is -2.12. The Bertz CT molecular complexity index is 1500. The van der Waals surface area contributed by atoms with Crippen LogP contribution in [-0.4, -0.2) is 40.4 Å². The van der Waals surface area contributed by atoms with Gasteiger partial charge in [-0.15, -0.1) is 0 Å². The van der Waals surface area contributed by atoms with E-state index in [0.717, 1.165) is 17.3 Å². The van der Waals surface area contributed by atoms with Crippen molar-refractivity contribution in [1.29, 1.82) is 0 Å². The van der Waals surface area contributed by atoms with Crippen LogP contribution in [0.2, 0.25) is 5.02 Å². The van der Waals surface area contributed by atoms with Crippen molar-refractivity contribution in [2.75, 3.05) is 13.2 Å². The molecule has 1 aliphatic heterocycles. The molecule has 0 amide bonds. The van der Waals surface area contributed by atoms with E-state index in [0.29, 0.717) is 39.3 Å². The van der Waals surface area contributed by atoms with Crippen LogP contribution in [0.5, 0.6) is 11.5 Å². The van der Waals surface area contributed by atoms with Crippen molar-refractivity contribution < 1.29 is 34.0 Å². The van der Waals surface area contributed by atoms with Crippen LogP contribution in [0, 0.1) is 0 Å². The van der Waals surface area contributed by atoms with Crippen LogP contribution < -0.4 is 9.47 Å². The van der Waals surface area contributed by atoms with Crippen LogP contribution in [0.4, 0.5) is 5.69 Å². The van der Waals surface area contributed by atoms with Gasteiger partial charge in [-0.25, -0.2) is 14.6 Å². The zero-order chi connectivity index (χ0) is 28.6. The molecule has 0 saturated heterocycles. The number of rotatable bonds is 10. The minimum atomic E-state index is -1.01. The number of carbonyl (C=O) groups is 2. The number of para-hydroxylation sites is 1. The summed E-state index contributed by atoms with van der Waals surface area (Å²) in [4.78, 5) is 28.7. The molecule has 0 spiro atoms. The molecule has 2 N–H and O–H groups in total. The lowest BCUT2D eigenvalue weighted by molar-refractivity contribution is -0.138. The van der Waals surface area contributed by atoms with Crippen molar-refractivity contribution in [3.8, 4) is 11.5 Å². The minimum Gasteiger partial charge on any atom is -0.506 e. The van der Waals surface area contributed by atoms with Crippen LogP contribution >= 0.6 is 23.4 Å². The molecule has 3 aromatic carbocycles. The van der Waals surface area contributed by atoms with Gasteiger partial charge in [-0.3, -0.25) is 0 Å². The number of aliphatic hydroxyl groups excluding tert-OH is 1. The maximum absolute atomic E-state index is 12.7. The highest BCUT2D eigenvalue weighted by atomic mass is 35.5. The van der Waals surface area contributed by atoms with Gasteiger partial charge in [-0.05, 0) is 67.4 Å². The second-order valence-corrected chi connectivity index (χ2v) is 9.80. The van der Waals surface area contributed by atoms with Crippen molar-refractivity contribution in [1.82, 2.24) is 0 Å². The zero-order valence-corrected chi connectivity index (χ0v) is 23.3. The van der Waals surface area contributed by atoms with Crippen molar-refractivity contribution >= 4 is 52.1 Å². The summed E-state index contributed by atoms with van der Waals surface area (Å²) in [6.45, 7) is 4.15. The summed E-state index contributed by atoms with van der Waals surface area (Å²) < 4.78 is 16.9. The molecule has 1 heterocycles. The SMILES string of the molecule is CCOC(=O)C1=C(O)/C(=C/c2cc(Cl)c(OCc3ccc(C(=O)O)cc3)c(OCC)c2)SC1=Nc1ccccc1. The van der Waals surface area contributed by atoms with E-state index in [1.54, 1.807) is 49.4 Å². The average Bonchev–Trinajstić information content (AvgIpc) is 3.23. The molecule has 0 aromatic heterocycles. The van der Waals surface area contributed by atoms with Crippen LogP contribution in [0.3, 0.4) is 0 Å². The lowest BCUT2D eigenvalue weighted by Gasteiger charge is -2.15. The number of thioether (sulfide) groups is 1. The first kappa shape index (κ1) is 28.8. The van der Waals surface area contributed by atoms with Crippen LogP contribution in [0.15, 0.2) is 88.0 Å². The molecule has 4 rings (SSSR count). The van der Waals surface area contributed by atoms with Gasteiger partial charge in [0.1, 0.15) is 23.0 Å². The van der Waals surface area contributed by atoms with E-state index in [9.17, 15) is 14.7 Å². The predicted octanol–water partition coefficient (Wildman–Crippen LogP) is 7.21. The molecular weight excluding hydrogens is 554 g/mol. The lowest BCUT2D eigenvalue weighted by atomic mass is 10.1. The molecular formula is C30H26ClNO7S. The fraction of sp³-hybridized carbons (Fsp3) is 0.167. The minimum absolute atomic E-state index is 0.00745. The first-order valence-corrected chi connectivity index (χ1v) is 13.6. The Hall–Kier alpha value is -4.21. The normalized spacial score (nSPS) is 15.0. The van der Waals surface area contributed by atoms with Crippen molar-refractivity contribution in [3.05, 3.63) is 105 Å². The van der Waals surface area contributed by atoms with E-state index in [4.69, 9.17) is 30.9 Å². The predicted molar refractivity (Wildman–Crippen MR) is 156 cm³/mol. The average molecular weight is 580 g/mol. The van der Waals surface area contributed by atoms with E-state index in [1.165, 1.54) is 12.1 Å². The summed E-state index contributed by atoms with van der Waals surface area (Å²) in [7, 11) is 0. The summed E-state index contributed by atoms with van der Waals surface area (Å²) >= 11 is 7.73. The van der Waals surface area contributed by atoms with Crippen molar-refractivity contribution in [2.45, 2.75) is 20.5 Å². The van der Waals surface area contributed by atoms with Gasteiger partial charge >= 0.3 is 11.9 Å². The molecule has 3 aromatic rings. The maximum Gasteiger partial charge on any atom is 0.344 e. The third-order valence-corrected chi connectivity index (χ3v) is 6.87. The largest absolute Gasteiger partial charge is 0.506 e. The second kappa shape index (κ2) is 13.2. The molecule has 0 radical (unpaired) electrons. The van der Waals surface area contributed by atoms with E-state index >= 15 is 0 Å². The monoisotopic (exact) mass is 579 g/mol. The number of aliphatic hydroxyl groups is 1.